The molecule has 0 bridgehead atoms. The van der Waals surface area contributed by atoms with E-state index >= 15 is 0 Å². The van der Waals surface area contributed by atoms with Crippen molar-refractivity contribution in [2.24, 2.45) is 0 Å². The Balaban J connectivity index is 1.45. The van der Waals surface area contributed by atoms with Crippen LogP contribution in [0.4, 0.5) is 5.69 Å². The number of aliphatic hydroxyl groups is 2. The second kappa shape index (κ2) is 11.2. The molecule has 3 rings (SSSR count). The van der Waals surface area contributed by atoms with E-state index in [0.717, 1.165) is 28.7 Å². The minimum atomic E-state index is -3.55. The Morgan fingerprint density at radius 2 is 1.76 bits per heavy atom. The van der Waals surface area contributed by atoms with Gasteiger partial charge in [-0.2, -0.15) is 0 Å². The zero-order valence-corrected chi connectivity index (χ0v) is 19.0. The number of aliphatic hydroxyl groups excluding tert-OH is 2. The van der Waals surface area contributed by atoms with Crippen LogP contribution < -0.4 is 14.8 Å². The van der Waals surface area contributed by atoms with Gasteiger partial charge in [0.05, 0.1) is 24.7 Å². The first-order valence-corrected chi connectivity index (χ1v) is 12.3. The topological polar surface area (TPSA) is 128 Å². The Morgan fingerprint density at radius 3 is 2.45 bits per heavy atom. The van der Waals surface area contributed by atoms with Crippen LogP contribution >= 0.6 is 0 Å². The molecule has 0 fully saturated rings. The highest BCUT2D eigenvalue weighted by molar-refractivity contribution is 7.92. The zero-order valence-electron chi connectivity index (χ0n) is 18.2. The largest absolute Gasteiger partial charge is 0.506 e. The van der Waals surface area contributed by atoms with Gasteiger partial charge >= 0.3 is 0 Å². The summed E-state index contributed by atoms with van der Waals surface area (Å²) < 4.78 is 30.7. The molecule has 0 aliphatic heterocycles. The van der Waals surface area contributed by atoms with Crippen molar-refractivity contribution in [3.05, 3.63) is 77.9 Å². The molecule has 0 amide bonds. The van der Waals surface area contributed by atoms with Crippen molar-refractivity contribution in [2.75, 3.05) is 30.7 Å². The van der Waals surface area contributed by atoms with E-state index in [9.17, 15) is 23.7 Å². The van der Waals surface area contributed by atoms with E-state index in [-0.39, 0.29) is 24.6 Å². The number of phenolic OH excluding ortho intramolecular Hbond substituents is 1. The van der Waals surface area contributed by atoms with Gasteiger partial charge in [-0.3, -0.25) is 4.72 Å². The number of aromatic hydroxyl groups is 1. The maximum absolute atomic E-state index is 11.4. The smallest absolute Gasteiger partial charge is 0.229 e. The second-order valence-corrected chi connectivity index (χ2v) is 9.35. The number of anilines is 1. The standard InChI is InChI=1S/C24H28N2O6S/c1-33(30,31)26-22-14-20(7-10-23(22)28)24(29)15-25-11-12-32-21-8-5-18(6-9-21)19-4-2-3-17(13-19)16-27/h2-10,13-14,24-29H,11-12,15-16H2,1H3/t24-/m0/s1. The zero-order chi connectivity index (χ0) is 23.8. The van der Waals surface area contributed by atoms with Crippen LogP contribution in [0.1, 0.15) is 17.2 Å². The third-order valence-electron chi connectivity index (χ3n) is 4.88. The van der Waals surface area contributed by atoms with Crippen molar-refractivity contribution in [1.29, 1.82) is 0 Å². The highest BCUT2D eigenvalue weighted by Crippen LogP contribution is 2.28. The molecular weight excluding hydrogens is 444 g/mol. The van der Waals surface area contributed by atoms with E-state index in [4.69, 9.17) is 4.74 Å². The molecule has 8 nitrogen and oxygen atoms in total. The lowest BCUT2D eigenvalue weighted by Gasteiger charge is -2.15. The first-order valence-electron chi connectivity index (χ1n) is 10.4. The van der Waals surface area contributed by atoms with Crippen LogP contribution in [0.5, 0.6) is 11.5 Å². The van der Waals surface area contributed by atoms with Crippen molar-refractivity contribution in [3.8, 4) is 22.6 Å². The van der Waals surface area contributed by atoms with Gasteiger partial charge in [0, 0.05) is 13.1 Å². The fourth-order valence-corrected chi connectivity index (χ4v) is 3.80. The summed E-state index contributed by atoms with van der Waals surface area (Å²) in [5.41, 5.74) is 3.39. The van der Waals surface area contributed by atoms with Crippen LogP contribution in [0, 0.1) is 0 Å². The third kappa shape index (κ3) is 7.47. The summed E-state index contributed by atoms with van der Waals surface area (Å²) in [6.07, 6.45) is 0.0963. The van der Waals surface area contributed by atoms with E-state index < -0.39 is 16.1 Å². The quantitative estimate of drug-likeness (QED) is 0.214. The molecule has 0 saturated carbocycles. The van der Waals surface area contributed by atoms with Gasteiger partial charge in [-0.25, -0.2) is 8.42 Å². The van der Waals surface area contributed by atoms with Gasteiger partial charge in [-0.15, -0.1) is 0 Å². The van der Waals surface area contributed by atoms with Crippen LogP contribution in [-0.2, 0) is 16.6 Å². The summed E-state index contributed by atoms with van der Waals surface area (Å²) >= 11 is 0. The molecule has 0 saturated heterocycles. The summed E-state index contributed by atoms with van der Waals surface area (Å²) in [6.45, 7) is 1.11. The lowest BCUT2D eigenvalue weighted by molar-refractivity contribution is 0.172. The summed E-state index contributed by atoms with van der Waals surface area (Å²) in [6, 6.07) is 19.6. The minimum absolute atomic E-state index is 0.00216. The van der Waals surface area contributed by atoms with Gasteiger partial charge < -0.3 is 25.4 Å². The number of phenols is 1. The molecule has 3 aromatic carbocycles. The van der Waals surface area contributed by atoms with Gasteiger partial charge in [0.2, 0.25) is 10.0 Å². The Kier molecular flexibility index (Phi) is 8.29. The number of hydrogen-bond acceptors (Lipinski definition) is 7. The SMILES string of the molecule is CS(=O)(=O)Nc1cc([C@@H](O)CNCCOc2ccc(-c3cccc(CO)c3)cc2)ccc1O. The normalized spacial score (nSPS) is 12.3. The lowest BCUT2D eigenvalue weighted by Crippen LogP contribution is -2.26. The van der Waals surface area contributed by atoms with E-state index in [2.05, 4.69) is 10.0 Å². The highest BCUT2D eigenvalue weighted by Gasteiger charge is 2.13. The van der Waals surface area contributed by atoms with Crippen LogP contribution in [0.15, 0.2) is 66.7 Å². The molecular formula is C24H28N2O6S. The Hall–Kier alpha value is -3.11. The van der Waals surface area contributed by atoms with E-state index in [1.165, 1.54) is 18.2 Å². The fourth-order valence-electron chi connectivity index (χ4n) is 3.23. The summed E-state index contributed by atoms with van der Waals surface area (Å²) in [4.78, 5) is 0. The lowest BCUT2D eigenvalue weighted by atomic mass is 10.0. The van der Waals surface area contributed by atoms with Crippen LogP contribution in [-0.4, -0.2) is 49.7 Å². The first kappa shape index (κ1) is 24.5. The number of ether oxygens (including phenoxy) is 1. The Bertz CT molecular complexity index is 1170. The number of hydrogen-bond donors (Lipinski definition) is 5. The molecule has 0 unspecified atom stereocenters. The molecule has 0 spiro atoms. The maximum atomic E-state index is 11.4. The molecule has 9 heteroatoms. The minimum Gasteiger partial charge on any atom is -0.506 e. The molecule has 1 atom stereocenters. The van der Waals surface area contributed by atoms with Crippen LogP contribution in [0.25, 0.3) is 11.1 Å². The Morgan fingerprint density at radius 1 is 1.00 bits per heavy atom. The number of benzene rings is 3. The summed E-state index contributed by atoms with van der Waals surface area (Å²) in [5.74, 6) is 0.499. The molecule has 0 heterocycles. The van der Waals surface area contributed by atoms with Crippen molar-refractivity contribution in [2.45, 2.75) is 12.7 Å². The average Bonchev–Trinajstić information content (AvgIpc) is 2.79. The highest BCUT2D eigenvalue weighted by atomic mass is 32.2. The summed E-state index contributed by atoms with van der Waals surface area (Å²) in [7, 11) is -3.55. The maximum Gasteiger partial charge on any atom is 0.229 e. The second-order valence-electron chi connectivity index (χ2n) is 7.60. The number of nitrogens with one attached hydrogen (secondary N) is 2. The number of sulfonamides is 1. The van der Waals surface area contributed by atoms with Gasteiger partial charge in [0.25, 0.3) is 0 Å². The molecule has 33 heavy (non-hydrogen) atoms. The molecule has 3 aromatic rings. The monoisotopic (exact) mass is 472 g/mol. The summed E-state index contributed by atoms with van der Waals surface area (Å²) in [5, 5.41) is 32.5. The molecule has 5 N–H and O–H groups in total. The van der Waals surface area contributed by atoms with Crippen molar-refractivity contribution < 1.29 is 28.5 Å². The molecule has 0 aliphatic carbocycles. The van der Waals surface area contributed by atoms with Gasteiger partial charge in [0.15, 0.2) is 0 Å². The van der Waals surface area contributed by atoms with Crippen LogP contribution in [0.2, 0.25) is 0 Å². The molecule has 0 radical (unpaired) electrons. The van der Waals surface area contributed by atoms with Gasteiger partial charge in [-0.1, -0.05) is 36.4 Å². The van der Waals surface area contributed by atoms with E-state index in [0.29, 0.717) is 18.7 Å². The van der Waals surface area contributed by atoms with Gasteiger partial charge in [-0.05, 0) is 52.6 Å². The van der Waals surface area contributed by atoms with E-state index in [1.54, 1.807) is 0 Å². The van der Waals surface area contributed by atoms with Crippen LogP contribution in [0.3, 0.4) is 0 Å². The van der Waals surface area contributed by atoms with Crippen molar-refractivity contribution >= 4 is 15.7 Å². The van der Waals surface area contributed by atoms with Crippen molar-refractivity contribution in [3.63, 3.8) is 0 Å². The predicted molar refractivity (Wildman–Crippen MR) is 128 cm³/mol. The first-order chi connectivity index (χ1) is 15.7. The average molecular weight is 473 g/mol. The predicted octanol–water partition coefficient (Wildman–Crippen LogP) is 2.63. The van der Waals surface area contributed by atoms with Gasteiger partial charge in [0.1, 0.15) is 18.1 Å². The molecule has 0 aliphatic rings. The molecule has 0 aromatic heterocycles. The third-order valence-corrected chi connectivity index (χ3v) is 5.47. The Labute approximate surface area is 193 Å². The fraction of sp³-hybridized carbons (Fsp3) is 0.250. The molecule has 176 valence electrons. The van der Waals surface area contributed by atoms with E-state index in [1.807, 2.05) is 48.5 Å². The van der Waals surface area contributed by atoms with Crippen molar-refractivity contribution in [1.82, 2.24) is 5.32 Å². The number of rotatable bonds is 11.